The number of methoxy groups -OCH3 is 1. The molecule has 5 heteroatoms. The molecule has 2 aromatic rings. The van der Waals surface area contributed by atoms with Crippen LogP contribution in [0.25, 0.3) is 11.3 Å². The van der Waals surface area contributed by atoms with E-state index in [9.17, 15) is 5.11 Å². The molecule has 2 N–H and O–H groups in total. The van der Waals surface area contributed by atoms with E-state index in [0.717, 1.165) is 17.1 Å². The standard InChI is InChI=1S/C15H18ClNO3/c1-10(18)8-17-9-12-4-6-14(20-12)11-3-5-15(19-2)13(16)7-11/h3-7,10,17-18H,8-9H2,1-2H3/t10-/m0/s1. The van der Waals surface area contributed by atoms with Crippen LogP contribution in [0.5, 0.6) is 5.75 Å². The molecule has 0 unspecified atom stereocenters. The first-order valence-electron chi connectivity index (χ1n) is 6.41. The molecule has 0 fully saturated rings. The highest BCUT2D eigenvalue weighted by Gasteiger charge is 2.08. The average molecular weight is 296 g/mol. The van der Waals surface area contributed by atoms with Gasteiger partial charge in [-0.1, -0.05) is 11.6 Å². The summed E-state index contributed by atoms with van der Waals surface area (Å²) in [5, 5.41) is 12.8. The first-order valence-corrected chi connectivity index (χ1v) is 6.79. The number of hydrogen-bond acceptors (Lipinski definition) is 4. The Balaban J connectivity index is 2.06. The molecule has 0 aliphatic carbocycles. The van der Waals surface area contributed by atoms with Crippen LogP contribution < -0.4 is 10.1 Å². The Labute approximate surface area is 123 Å². The Kier molecular flexibility index (Phi) is 5.06. The van der Waals surface area contributed by atoms with Crippen molar-refractivity contribution >= 4 is 11.6 Å². The summed E-state index contributed by atoms with van der Waals surface area (Å²) in [6.07, 6.45) is -0.371. The molecular formula is C15H18ClNO3. The molecule has 108 valence electrons. The number of rotatable bonds is 6. The molecule has 0 amide bonds. The molecule has 0 saturated heterocycles. The largest absolute Gasteiger partial charge is 0.495 e. The van der Waals surface area contributed by atoms with E-state index in [1.165, 1.54) is 0 Å². The molecule has 1 aromatic carbocycles. The van der Waals surface area contributed by atoms with Gasteiger partial charge in [0.05, 0.1) is 24.8 Å². The SMILES string of the molecule is COc1ccc(-c2ccc(CNC[C@H](C)O)o2)cc1Cl. The maximum absolute atomic E-state index is 9.17. The van der Waals surface area contributed by atoms with Gasteiger partial charge >= 0.3 is 0 Å². The molecule has 0 saturated carbocycles. The molecule has 1 atom stereocenters. The summed E-state index contributed by atoms with van der Waals surface area (Å²) in [7, 11) is 1.58. The zero-order valence-corrected chi connectivity index (χ0v) is 12.3. The number of furan rings is 1. The number of halogens is 1. The van der Waals surface area contributed by atoms with Crippen LogP contribution in [-0.2, 0) is 6.54 Å². The van der Waals surface area contributed by atoms with Gasteiger partial charge in [0.25, 0.3) is 0 Å². The van der Waals surface area contributed by atoms with E-state index in [2.05, 4.69) is 5.32 Å². The van der Waals surface area contributed by atoms with Crippen molar-refractivity contribution in [1.82, 2.24) is 5.32 Å². The summed E-state index contributed by atoms with van der Waals surface area (Å²) in [4.78, 5) is 0. The van der Waals surface area contributed by atoms with Crippen LogP contribution in [0.15, 0.2) is 34.7 Å². The minimum atomic E-state index is -0.371. The third-order valence-electron chi connectivity index (χ3n) is 2.84. The van der Waals surface area contributed by atoms with E-state index in [4.69, 9.17) is 20.8 Å². The third kappa shape index (κ3) is 3.76. The van der Waals surface area contributed by atoms with Crippen LogP contribution in [-0.4, -0.2) is 24.9 Å². The molecule has 0 bridgehead atoms. The number of ether oxygens (including phenoxy) is 1. The van der Waals surface area contributed by atoms with Crippen molar-refractivity contribution in [2.75, 3.05) is 13.7 Å². The Morgan fingerprint density at radius 2 is 2.15 bits per heavy atom. The minimum Gasteiger partial charge on any atom is -0.495 e. The topological polar surface area (TPSA) is 54.6 Å². The molecular weight excluding hydrogens is 278 g/mol. The molecule has 20 heavy (non-hydrogen) atoms. The lowest BCUT2D eigenvalue weighted by Gasteiger charge is -2.05. The predicted octanol–water partition coefficient (Wildman–Crippen LogP) is 3.08. The van der Waals surface area contributed by atoms with Gasteiger partial charge in [0, 0.05) is 12.1 Å². The number of hydrogen-bond donors (Lipinski definition) is 2. The van der Waals surface area contributed by atoms with Crippen molar-refractivity contribution < 1.29 is 14.3 Å². The van der Waals surface area contributed by atoms with Crippen LogP contribution in [0.1, 0.15) is 12.7 Å². The Morgan fingerprint density at radius 3 is 2.80 bits per heavy atom. The molecule has 1 heterocycles. The van der Waals surface area contributed by atoms with Gasteiger partial charge in [-0.15, -0.1) is 0 Å². The van der Waals surface area contributed by atoms with E-state index in [1.54, 1.807) is 14.0 Å². The van der Waals surface area contributed by atoms with Gasteiger partial charge < -0.3 is 19.6 Å². The van der Waals surface area contributed by atoms with E-state index >= 15 is 0 Å². The van der Waals surface area contributed by atoms with Gasteiger partial charge in [-0.05, 0) is 37.3 Å². The lowest BCUT2D eigenvalue weighted by atomic mass is 10.2. The fraction of sp³-hybridized carbons (Fsp3) is 0.333. The molecule has 0 aliphatic rings. The lowest BCUT2D eigenvalue weighted by Crippen LogP contribution is -2.23. The van der Waals surface area contributed by atoms with Crippen molar-refractivity contribution in [1.29, 1.82) is 0 Å². The normalized spacial score (nSPS) is 12.4. The summed E-state index contributed by atoms with van der Waals surface area (Å²) in [5.41, 5.74) is 0.901. The third-order valence-corrected chi connectivity index (χ3v) is 3.13. The fourth-order valence-electron chi connectivity index (χ4n) is 1.85. The van der Waals surface area contributed by atoms with Gasteiger partial charge in [-0.3, -0.25) is 0 Å². The smallest absolute Gasteiger partial charge is 0.137 e. The van der Waals surface area contributed by atoms with Crippen molar-refractivity contribution in [3.05, 3.63) is 41.1 Å². The predicted molar refractivity (Wildman–Crippen MR) is 79.1 cm³/mol. The summed E-state index contributed by atoms with van der Waals surface area (Å²) >= 11 is 6.10. The number of aliphatic hydroxyl groups is 1. The zero-order valence-electron chi connectivity index (χ0n) is 11.5. The number of aliphatic hydroxyl groups excluding tert-OH is 1. The Bertz CT molecular complexity index is 566. The first kappa shape index (κ1) is 14.9. The Morgan fingerprint density at radius 1 is 1.35 bits per heavy atom. The van der Waals surface area contributed by atoms with Gasteiger partial charge in [-0.2, -0.15) is 0 Å². The highest BCUT2D eigenvalue weighted by atomic mass is 35.5. The maximum atomic E-state index is 9.17. The van der Waals surface area contributed by atoms with Crippen LogP contribution >= 0.6 is 11.6 Å². The van der Waals surface area contributed by atoms with E-state index in [-0.39, 0.29) is 6.10 Å². The second-order valence-electron chi connectivity index (χ2n) is 4.60. The number of nitrogens with one attached hydrogen (secondary N) is 1. The van der Waals surface area contributed by atoms with Crippen LogP contribution in [0.2, 0.25) is 5.02 Å². The summed E-state index contributed by atoms with van der Waals surface area (Å²) < 4.78 is 10.9. The molecule has 1 aromatic heterocycles. The monoisotopic (exact) mass is 295 g/mol. The summed E-state index contributed by atoms with van der Waals surface area (Å²) in [6.45, 7) is 2.85. The average Bonchev–Trinajstić information content (AvgIpc) is 2.87. The van der Waals surface area contributed by atoms with Crippen LogP contribution in [0.3, 0.4) is 0 Å². The molecule has 0 spiro atoms. The molecule has 2 rings (SSSR count). The second-order valence-corrected chi connectivity index (χ2v) is 5.00. The van der Waals surface area contributed by atoms with Crippen LogP contribution in [0.4, 0.5) is 0 Å². The fourth-order valence-corrected chi connectivity index (χ4v) is 2.11. The summed E-state index contributed by atoms with van der Waals surface area (Å²) in [5.74, 6) is 2.21. The summed E-state index contributed by atoms with van der Waals surface area (Å²) in [6, 6.07) is 9.33. The zero-order chi connectivity index (χ0) is 14.5. The van der Waals surface area contributed by atoms with Crippen molar-refractivity contribution in [2.24, 2.45) is 0 Å². The maximum Gasteiger partial charge on any atom is 0.137 e. The molecule has 0 radical (unpaired) electrons. The highest BCUT2D eigenvalue weighted by molar-refractivity contribution is 6.32. The van der Waals surface area contributed by atoms with E-state index in [1.807, 2.05) is 30.3 Å². The van der Waals surface area contributed by atoms with Crippen molar-refractivity contribution in [3.63, 3.8) is 0 Å². The van der Waals surface area contributed by atoms with Gasteiger partial charge in [0.2, 0.25) is 0 Å². The number of benzene rings is 1. The minimum absolute atomic E-state index is 0.371. The van der Waals surface area contributed by atoms with E-state index in [0.29, 0.717) is 23.9 Å². The van der Waals surface area contributed by atoms with Crippen molar-refractivity contribution in [2.45, 2.75) is 19.6 Å². The van der Waals surface area contributed by atoms with Crippen LogP contribution in [0, 0.1) is 0 Å². The Hall–Kier alpha value is -1.49. The highest BCUT2D eigenvalue weighted by Crippen LogP contribution is 2.30. The van der Waals surface area contributed by atoms with E-state index < -0.39 is 0 Å². The molecule has 0 aliphatic heterocycles. The van der Waals surface area contributed by atoms with Gasteiger partial charge in [0.1, 0.15) is 17.3 Å². The molecule has 4 nitrogen and oxygen atoms in total. The lowest BCUT2D eigenvalue weighted by molar-refractivity contribution is 0.190. The van der Waals surface area contributed by atoms with Crippen molar-refractivity contribution in [3.8, 4) is 17.1 Å². The van der Waals surface area contributed by atoms with Gasteiger partial charge in [0.15, 0.2) is 0 Å². The quantitative estimate of drug-likeness (QED) is 0.860. The first-order chi connectivity index (χ1) is 9.60. The van der Waals surface area contributed by atoms with Gasteiger partial charge in [-0.25, -0.2) is 0 Å². The second kappa shape index (κ2) is 6.79.